The average Bonchev–Trinajstić information content (AvgIpc) is 2.73. The van der Waals surface area contributed by atoms with E-state index in [0.29, 0.717) is 16.8 Å². The lowest BCUT2D eigenvalue weighted by atomic mass is 10.00. The summed E-state index contributed by atoms with van der Waals surface area (Å²) < 4.78 is 0. The largest absolute Gasteiger partial charge is 0.322 e. The number of carbonyl (C=O) groups excluding carboxylic acids is 2. The number of non-ortho nitro benzene ring substituents is 1. The average molecular weight is 372 g/mol. The van der Waals surface area contributed by atoms with Crippen molar-refractivity contribution in [1.82, 2.24) is 0 Å². The molecule has 0 atom stereocenters. The molecule has 0 saturated heterocycles. The summed E-state index contributed by atoms with van der Waals surface area (Å²) in [7, 11) is 0. The molecule has 1 N–H and O–H groups in total. The lowest BCUT2D eigenvalue weighted by Gasteiger charge is -2.09. The number of benzene rings is 3. The van der Waals surface area contributed by atoms with Gasteiger partial charge in [0.25, 0.3) is 11.6 Å². The molecule has 0 saturated carbocycles. The molecule has 6 heteroatoms. The van der Waals surface area contributed by atoms with Crippen molar-refractivity contribution in [2.24, 2.45) is 0 Å². The monoisotopic (exact) mass is 372 g/mol. The molecule has 0 aliphatic carbocycles. The van der Waals surface area contributed by atoms with E-state index in [0.717, 1.165) is 0 Å². The number of hydrogen-bond acceptors (Lipinski definition) is 4. The predicted molar refractivity (Wildman–Crippen MR) is 107 cm³/mol. The quantitative estimate of drug-likeness (QED) is 0.172. The fourth-order valence-corrected chi connectivity index (χ4v) is 2.59. The van der Waals surface area contributed by atoms with Crippen LogP contribution in [0.4, 0.5) is 11.4 Å². The summed E-state index contributed by atoms with van der Waals surface area (Å²) in [6, 6.07) is 22.9. The Morgan fingerprint density at radius 2 is 1.50 bits per heavy atom. The molecule has 0 aliphatic heterocycles. The number of amides is 1. The molecule has 0 heterocycles. The molecular formula is C22H16N2O4. The van der Waals surface area contributed by atoms with Crippen LogP contribution >= 0.6 is 0 Å². The topological polar surface area (TPSA) is 89.3 Å². The minimum absolute atomic E-state index is 0.115. The van der Waals surface area contributed by atoms with E-state index in [1.807, 2.05) is 6.07 Å². The summed E-state index contributed by atoms with van der Waals surface area (Å²) in [5, 5.41) is 13.7. The van der Waals surface area contributed by atoms with Crippen molar-refractivity contribution in [2.75, 3.05) is 5.32 Å². The van der Waals surface area contributed by atoms with Crippen LogP contribution in [-0.4, -0.2) is 16.6 Å². The molecule has 0 spiro atoms. The highest BCUT2D eigenvalue weighted by Gasteiger charge is 2.20. The van der Waals surface area contributed by atoms with Gasteiger partial charge in [0.1, 0.15) is 0 Å². The molecule has 0 radical (unpaired) electrons. The Morgan fingerprint density at radius 3 is 2.14 bits per heavy atom. The first-order chi connectivity index (χ1) is 13.5. The van der Waals surface area contributed by atoms with E-state index in [9.17, 15) is 19.7 Å². The first-order valence-corrected chi connectivity index (χ1v) is 8.47. The van der Waals surface area contributed by atoms with Crippen molar-refractivity contribution < 1.29 is 14.5 Å². The van der Waals surface area contributed by atoms with Crippen molar-refractivity contribution in [3.8, 4) is 0 Å². The van der Waals surface area contributed by atoms with Gasteiger partial charge in [0.2, 0.25) is 0 Å². The molecule has 0 aromatic heterocycles. The number of rotatable bonds is 6. The van der Waals surface area contributed by atoms with E-state index in [1.165, 1.54) is 24.3 Å². The van der Waals surface area contributed by atoms with Gasteiger partial charge in [0, 0.05) is 23.4 Å². The molecule has 0 bridgehead atoms. The minimum Gasteiger partial charge on any atom is -0.322 e. The van der Waals surface area contributed by atoms with Gasteiger partial charge in [-0.25, -0.2) is 0 Å². The zero-order valence-electron chi connectivity index (χ0n) is 14.7. The summed E-state index contributed by atoms with van der Waals surface area (Å²) >= 11 is 0. The molecule has 6 nitrogen and oxygen atoms in total. The summed E-state index contributed by atoms with van der Waals surface area (Å²) in [5.74, 6) is -1.06. The minimum atomic E-state index is -0.591. The van der Waals surface area contributed by atoms with Gasteiger partial charge in [-0.3, -0.25) is 19.7 Å². The van der Waals surface area contributed by atoms with Gasteiger partial charge >= 0.3 is 0 Å². The number of nitrogens with one attached hydrogen (secondary N) is 1. The van der Waals surface area contributed by atoms with Crippen LogP contribution in [0.1, 0.15) is 15.9 Å². The Bertz CT molecular complexity index is 1040. The van der Waals surface area contributed by atoms with Crippen molar-refractivity contribution in [3.63, 3.8) is 0 Å². The molecule has 3 aromatic rings. The number of nitro benzene ring substituents is 1. The predicted octanol–water partition coefficient (Wildman–Crippen LogP) is 4.50. The smallest absolute Gasteiger partial charge is 0.270 e. The van der Waals surface area contributed by atoms with Crippen LogP contribution in [0.3, 0.4) is 0 Å². The van der Waals surface area contributed by atoms with Gasteiger partial charge < -0.3 is 5.32 Å². The van der Waals surface area contributed by atoms with Crippen LogP contribution in [0.2, 0.25) is 0 Å². The molecular weight excluding hydrogens is 356 g/mol. The number of para-hydroxylation sites is 1. The van der Waals surface area contributed by atoms with Crippen LogP contribution < -0.4 is 5.32 Å². The maximum Gasteiger partial charge on any atom is 0.270 e. The maximum absolute atomic E-state index is 12.9. The highest BCUT2D eigenvalue weighted by molar-refractivity contribution is 6.31. The summed E-state index contributed by atoms with van der Waals surface area (Å²) in [6.07, 6.45) is 1.36. The number of nitrogens with zero attached hydrogens (tertiary/aromatic N) is 1. The maximum atomic E-state index is 12.9. The number of Topliss-reactive ketones (excluding diaryl/α,β-unsaturated/α-hetero) is 1. The Kier molecular flexibility index (Phi) is 5.72. The van der Waals surface area contributed by atoms with Gasteiger partial charge in [-0.15, -0.1) is 0 Å². The standard InChI is InChI=1S/C22H16N2O4/c25-21(17-9-3-1-4-10-17)20(22(26)23-18-11-5-2-6-12-18)15-16-8-7-13-19(14-16)24(27)28/h1-15H,(H,23,26)/b20-15+. The second kappa shape index (κ2) is 8.55. The SMILES string of the molecule is O=C(Nc1ccccc1)/C(=C/c1cccc([N+](=O)[O-])c1)C(=O)c1ccccc1. The fourth-order valence-electron chi connectivity index (χ4n) is 2.59. The van der Waals surface area contributed by atoms with E-state index in [-0.39, 0.29) is 11.3 Å². The Balaban J connectivity index is 2.01. The lowest BCUT2D eigenvalue weighted by Crippen LogP contribution is -2.20. The third kappa shape index (κ3) is 4.56. The second-order valence-corrected chi connectivity index (χ2v) is 5.93. The number of carbonyl (C=O) groups is 2. The van der Waals surface area contributed by atoms with Crippen molar-refractivity contribution in [1.29, 1.82) is 0 Å². The first-order valence-electron chi connectivity index (χ1n) is 8.47. The lowest BCUT2D eigenvalue weighted by molar-refractivity contribution is -0.384. The highest BCUT2D eigenvalue weighted by Crippen LogP contribution is 2.19. The van der Waals surface area contributed by atoms with Crippen molar-refractivity contribution in [2.45, 2.75) is 0 Å². The van der Waals surface area contributed by atoms with Crippen molar-refractivity contribution in [3.05, 3.63) is 112 Å². The number of ketones is 1. The van der Waals surface area contributed by atoms with Crippen LogP contribution in [-0.2, 0) is 4.79 Å². The van der Waals surface area contributed by atoms with Gasteiger partial charge in [0.15, 0.2) is 5.78 Å². The molecule has 0 aliphatic rings. The first kappa shape index (κ1) is 18.7. The normalized spacial score (nSPS) is 10.9. The van der Waals surface area contributed by atoms with E-state index >= 15 is 0 Å². The van der Waals surface area contributed by atoms with Crippen LogP contribution in [0.25, 0.3) is 6.08 Å². The summed E-state index contributed by atoms with van der Waals surface area (Å²) in [6.45, 7) is 0. The summed E-state index contributed by atoms with van der Waals surface area (Å²) in [5.41, 5.74) is 1.04. The number of nitro groups is 1. The fraction of sp³-hybridized carbons (Fsp3) is 0. The van der Waals surface area contributed by atoms with E-state index in [2.05, 4.69) is 5.32 Å². The second-order valence-electron chi connectivity index (χ2n) is 5.93. The highest BCUT2D eigenvalue weighted by atomic mass is 16.6. The molecule has 138 valence electrons. The van der Waals surface area contributed by atoms with Crippen LogP contribution in [0.15, 0.2) is 90.5 Å². The van der Waals surface area contributed by atoms with Gasteiger partial charge in [0.05, 0.1) is 10.5 Å². The molecule has 28 heavy (non-hydrogen) atoms. The van der Waals surface area contributed by atoms with Crippen molar-refractivity contribution >= 4 is 29.1 Å². The van der Waals surface area contributed by atoms with E-state index in [4.69, 9.17) is 0 Å². The Hall–Kier alpha value is -4.06. The van der Waals surface area contributed by atoms with E-state index < -0.39 is 16.6 Å². The molecule has 3 rings (SSSR count). The third-order valence-corrected chi connectivity index (χ3v) is 3.95. The number of anilines is 1. The van der Waals surface area contributed by atoms with Gasteiger partial charge in [-0.2, -0.15) is 0 Å². The third-order valence-electron chi connectivity index (χ3n) is 3.95. The molecule has 1 amide bonds. The molecule has 0 fully saturated rings. The van der Waals surface area contributed by atoms with E-state index in [1.54, 1.807) is 60.7 Å². The Morgan fingerprint density at radius 1 is 0.857 bits per heavy atom. The van der Waals surface area contributed by atoms with Gasteiger partial charge in [-0.05, 0) is 23.8 Å². The van der Waals surface area contributed by atoms with Crippen LogP contribution in [0, 0.1) is 10.1 Å². The molecule has 0 unspecified atom stereocenters. The zero-order valence-corrected chi connectivity index (χ0v) is 14.7. The van der Waals surface area contributed by atoms with Crippen LogP contribution in [0.5, 0.6) is 0 Å². The molecule has 3 aromatic carbocycles. The summed E-state index contributed by atoms with van der Waals surface area (Å²) in [4.78, 5) is 36.2. The van der Waals surface area contributed by atoms with Gasteiger partial charge in [-0.1, -0.05) is 60.7 Å². The zero-order chi connectivity index (χ0) is 19.9. The number of hydrogen-bond donors (Lipinski definition) is 1. The Labute approximate surface area is 161 Å².